The number of nitrogens with zero attached hydrogens (tertiary/aromatic N) is 2. The molecule has 1 fully saturated rings. The third kappa shape index (κ3) is 2.40. The zero-order valence-corrected chi connectivity index (χ0v) is 12.3. The number of aromatic nitrogens is 1. The molecule has 3 heteroatoms. The van der Waals surface area contributed by atoms with Crippen LogP contribution in [0.4, 0.5) is 5.82 Å². The molecule has 1 N–H and O–H groups in total. The van der Waals surface area contributed by atoms with Crippen LogP contribution in [-0.2, 0) is 12.8 Å². The SMILES string of the molecule is CCC1(CNc2nc3c(cc2C#N)CCC3)CCCC1. The summed E-state index contributed by atoms with van der Waals surface area (Å²) in [6, 6.07) is 4.35. The summed E-state index contributed by atoms with van der Waals surface area (Å²) in [6.07, 6.45) is 9.84. The van der Waals surface area contributed by atoms with Crippen molar-refractivity contribution >= 4 is 5.82 Å². The van der Waals surface area contributed by atoms with E-state index in [-0.39, 0.29) is 0 Å². The first-order valence-corrected chi connectivity index (χ1v) is 7.93. The van der Waals surface area contributed by atoms with Crippen LogP contribution in [0.5, 0.6) is 0 Å². The Hall–Kier alpha value is -1.56. The predicted octanol–water partition coefficient (Wildman–Crippen LogP) is 3.82. The van der Waals surface area contributed by atoms with Crippen LogP contribution >= 0.6 is 0 Å². The Kier molecular flexibility index (Phi) is 3.65. The Balaban J connectivity index is 1.79. The standard InChI is InChI=1S/C17H23N3/c1-2-17(8-3-4-9-17)12-19-16-14(11-18)10-13-6-5-7-15(13)20-16/h10H,2-9,12H2,1H3,(H,19,20). The maximum Gasteiger partial charge on any atom is 0.144 e. The van der Waals surface area contributed by atoms with Crippen LogP contribution < -0.4 is 5.32 Å². The fourth-order valence-electron chi connectivity index (χ4n) is 3.74. The van der Waals surface area contributed by atoms with Gasteiger partial charge in [0, 0.05) is 12.2 Å². The molecule has 0 amide bonds. The number of aryl methyl sites for hydroxylation is 2. The van der Waals surface area contributed by atoms with E-state index in [1.807, 2.05) is 6.07 Å². The summed E-state index contributed by atoms with van der Waals surface area (Å²) in [5.41, 5.74) is 3.62. The fourth-order valence-corrected chi connectivity index (χ4v) is 3.74. The molecule has 106 valence electrons. The minimum absolute atomic E-state index is 0.424. The van der Waals surface area contributed by atoms with E-state index < -0.39 is 0 Å². The lowest BCUT2D eigenvalue weighted by molar-refractivity contribution is 0.306. The molecule has 20 heavy (non-hydrogen) atoms. The molecule has 0 bridgehead atoms. The summed E-state index contributed by atoms with van der Waals surface area (Å²) in [5, 5.41) is 12.8. The van der Waals surface area contributed by atoms with Crippen molar-refractivity contribution in [3.8, 4) is 6.07 Å². The average Bonchev–Trinajstić information content (AvgIpc) is 3.13. The van der Waals surface area contributed by atoms with E-state index in [2.05, 4.69) is 18.3 Å². The summed E-state index contributed by atoms with van der Waals surface area (Å²) < 4.78 is 0. The van der Waals surface area contributed by atoms with Crippen molar-refractivity contribution in [1.29, 1.82) is 5.26 Å². The number of hydrogen-bond acceptors (Lipinski definition) is 3. The number of nitrogens with one attached hydrogen (secondary N) is 1. The number of fused-ring (bicyclic) bond motifs is 1. The second kappa shape index (κ2) is 5.44. The monoisotopic (exact) mass is 269 g/mol. The Morgan fingerprint density at radius 2 is 2.10 bits per heavy atom. The van der Waals surface area contributed by atoms with Crippen molar-refractivity contribution in [3.05, 3.63) is 22.9 Å². The van der Waals surface area contributed by atoms with Gasteiger partial charge in [0.2, 0.25) is 0 Å². The topological polar surface area (TPSA) is 48.7 Å². The highest BCUT2D eigenvalue weighted by Crippen LogP contribution is 2.41. The number of nitriles is 1. The van der Waals surface area contributed by atoms with Crippen LogP contribution in [0.1, 0.15) is 62.3 Å². The van der Waals surface area contributed by atoms with Gasteiger partial charge < -0.3 is 5.32 Å². The van der Waals surface area contributed by atoms with Crippen molar-refractivity contribution in [1.82, 2.24) is 4.98 Å². The molecule has 0 saturated heterocycles. The molecular weight excluding hydrogens is 246 g/mol. The zero-order chi connectivity index (χ0) is 14.0. The quantitative estimate of drug-likeness (QED) is 0.903. The number of anilines is 1. The summed E-state index contributed by atoms with van der Waals surface area (Å²) in [6.45, 7) is 3.25. The van der Waals surface area contributed by atoms with Gasteiger partial charge in [-0.3, -0.25) is 0 Å². The molecule has 2 aliphatic rings. The van der Waals surface area contributed by atoms with E-state index in [0.29, 0.717) is 5.41 Å². The third-order valence-electron chi connectivity index (χ3n) is 5.22. The number of rotatable bonds is 4. The molecule has 1 aromatic rings. The molecule has 0 radical (unpaired) electrons. The molecular formula is C17H23N3. The van der Waals surface area contributed by atoms with E-state index >= 15 is 0 Å². The molecule has 3 rings (SSSR count). The maximum atomic E-state index is 9.33. The minimum atomic E-state index is 0.424. The van der Waals surface area contributed by atoms with E-state index in [1.54, 1.807) is 0 Å². The first-order valence-electron chi connectivity index (χ1n) is 7.93. The van der Waals surface area contributed by atoms with Gasteiger partial charge in [0.25, 0.3) is 0 Å². The largest absolute Gasteiger partial charge is 0.368 e. The molecule has 1 heterocycles. The lowest BCUT2D eigenvalue weighted by Gasteiger charge is -2.28. The van der Waals surface area contributed by atoms with Crippen molar-refractivity contribution in [2.75, 3.05) is 11.9 Å². The van der Waals surface area contributed by atoms with Crippen molar-refractivity contribution in [3.63, 3.8) is 0 Å². The van der Waals surface area contributed by atoms with Crippen molar-refractivity contribution < 1.29 is 0 Å². The van der Waals surface area contributed by atoms with Crippen molar-refractivity contribution in [2.45, 2.75) is 58.3 Å². The minimum Gasteiger partial charge on any atom is -0.368 e. The maximum absolute atomic E-state index is 9.33. The smallest absolute Gasteiger partial charge is 0.144 e. The molecule has 0 aromatic carbocycles. The van der Waals surface area contributed by atoms with Gasteiger partial charge in [-0.1, -0.05) is 19.8 Å². The van der Waals surface area contributed by atoms with E-state index in [9.17, 15) is 5.26 Å². The molecule has 0 atom stereocenters. The first kappa shape index (κ1) is 13.4. The average molecular weight is 269 g/mol. The van der Waals surface area contributed by atoms with E-state index in [4.69, 9.17) is 4.98 Å². The summed E-state index contributed by atoms with van der Waals surface area (Å²) >= 11 is 0. The summed E-state index contributed by atoms with van der Waals surface area (Å²) in [4.78, 5) is 4.72. The van der Waals surface area contributed by atoms with E-state index in [1.165, 1.54) is 49.8 Å². The van der Waals surface area contributed by atoms with Crippen LogP contribution in [-0.4, -0.2) is 11.5 Å². The Morgan fingerprint density at radius 3 is 2.80 bits per heavy atom. The number of pyridine rings is 1. The van der Waals surface area contributed by atoms with Gasteiger partial charge in [0.15, 0.2) is 0 Å². The van der Waals surface area contributed by atoms with Gasteiger partial charge >= 0.3 is 0 Å². The summed E-state index contributed by atoms with van der Waals surface area (Å²) in [7, 11) is 0. The van der Waals surface area contributed by atoms with Crippen LogP contribution in [0.25, 0.3) is 0 Å². The van der Waals surface area contributed by atoms with E-state index in [0.717, 1.165) is 30.8 Å². The molecule has 3 nitrogen and oxygen atoms in total. The highest BCUT2D eigenvalue weighted by atomic mass is 15.0. The Bertz CT molecular complexity index is 536. The fraction of sp³-hybridized carbons (Fsp3) is 0.647. The van der Waals surface area contributed by atoms with Gasteiger partial charge in [-0.25, -0.2) is 4.98 Å². The van der Waals surface area contributed by atoms with Crippen LogP contribution in [0.15, 0.2) is 6.07 Å². The zero-order valence-electron chi connectivity index (χ0n) is 12.3. The van der Waals surface area contributed by atoms with Gasteiger partial charge in [-0.15, -0.1) is 0 Å². The van der Waals surface area contributed by atoms with Crippen LogP contribution in [0.2, 0.25) is 0 Å². The van der Waals surface area contributed by atoms with Crippen molar-refractivity contribution in [2.24, 2.45) is 5.41 Å². The van der Waals surface area contributed by atoms with Crippen LogP contribution in [0.3, 0.4) is 0 Å². The number of hydrogen-bond donors (Lipinski definition) is 1. The van der Waals surface area contributed by atoms with Crippen LogP contribution in [0, 0.1) is 16.7 Å². The highest BCUT2D eigenvalue weighted by molar-refractivity contribution is 5.55. The first-order chi connectivity index (χ1) is 9.76. The second-order valence-electron chi connectivity index (χ2n) is 6.37. The Labute approximate surface area is 121 Å². The van der Waals surface area contributed by atoms with Gasteiger partial charge in [-0.2, -0.15) is 5.26 Å². The summed E-state index contributed by atoms with van der Waals surface area (Å²) in [5.74, 6) is 0.813. The molecule has 0 aliphatic heterocycles. The van der Waals surface area contributed by atoms with Gasteiger partial charge in [0.1, 0.15) is 11.9 Å². The second-order valence-corrected chi connectivity index (χ2v) is 6.37. The van der Waals surface area contributed by atoms with Gasteiger partial charge in [-0.05, 0) is 55.6 Å². The molecule has 1 saturated carbocycles. The molecule has 1 aromatic heterocycles. The normalized spacial score (nSPS) is 19.6. The predicted molar refractivity (Wildman–Crippen MR) is 80.7 cm³/mol. The molecule has 0 spiro atoms. The molecule has 2 aliphatic carbocycles. The lowest BCUT2D eigenvalue weighted by atomic mass is 9.83. The highest BCUT2D eigenvalue weighted by Gasteiger charge is 2.32. The third-order valence-corrected chi connectivity index (χ3v) is 5.22. The molecule has 0 unspecified atom stereocenters. The lowest BCUT2D eigenvalue weighted by Crippen LogP contribution is -2.26. The Morgan fingerprint density at radius 1 is 1.30 bits per heavy atom. The van der Waals surface area contributed by atoms with Gasteiger partial charge in [0.05, 0.1) is 5.56 Å².